The van der Waals surface area contributed by atoms with E-state index in [1.165, 1.54) is 20.9 Å². The van der Waals surface area contributed by atoms with Gasteiger partial charge in [0, 0.05) is 24.2 Å². The maximum atomic E-state index is 4.53. The number of hydrogen-bond donors (Lipinski definition) is 1. The Bertz CT molecular complexity index is 697. The van der Waals surface area contributed by atoms with Crippen LogP contribution in [-0.2, 0) is 13.1 Å². The molecule has 3 aromatic rings. The van der Waals surface area contributed by atoms with Crippen molar-refractivity contribution in [3.8, 4) is 10.4 Å². The number of benzene rings is 1. The fraction of sp³-hybridized carbons (Fsp3) is 0.278. The van der Waals surface area contributed by atoms with Crippen LogP contribution in [0.5, 0.6) is 0 Å². The fourth-order valence-electron chi connectivity index (χ4n) is 2.26. The second kappa shape index (κ2) is 7.18. The van der Waals surface area contributed by atoms with Crippen LogP contribution in [0.2, 0.25) is 0 Å². The standard InChI is InChI=1S/C18H20N2S2/c1-13(2)14-5-7-15(8-6-14)17-11-20-18(22-17)12-19-10-16-4-3-9-21-16/h3-9,11,13,19H,10,12H2,1-2H3. The van der Waals surface area contributed by atoms with Crippen molar-refractivity contribution in [1.29, 1.82) is 0 Å². The predicted molar refractivity (Wildman–Crippen MR) is 96.5 cm³/mol. The monoisotopic (exact) mass is 328 g/mol. The highest BCUT2D eigenvalue weighted by molar-refractivity contribution is 7.15. The first-order valence-corrected chi connectivity index (χ1v) is 9.20. The largest absolute Gasteiger partial charge is 0.306 e. The van der Waals surface area contributed by atoms with Crippen molar-refractivity contribution in [2.75, 3.05) is 0 Å². The van der Waals surface area contributed by atoms with Crippen LogP contribution in [-0.4, -0.2) is 4.98 Å². The summed E-state index contributed by atoms with van der Waals surface area (Å²) in [6.07, 6.45) is 1.98. The van der Waals surface area contributed by atoms with Crippen molar-refractivity contribution in [3.63, 3.8) is 0 Å². The minimum Gasteiger partial charge on any atom is -0.306 e. The first-order chi connectivity index (χ1) is 10.7. The van der Waals surface area contributed by atoms with Crippen molar-refractivity contribution in [1.82, 2.24) is 10.3 Å². The van der Waals surface area contributed by atoms with Gasteiger partial charge in [-0.25, -0.2) is 4.98 Å². The summed E-state index contributed by atoms with van der Waals surface area (Å²) < 4.78 is 0. The molecule has 0 unspecified atom stereocenters. The molecule has 0 aliphatic heterocycles. The summed E-state index contributed by atoms with van der Waals surface area (Å²) >= 11 is 3.55. The van der Waals surface area contributed by atoms with Crippen molar-refractivity contribution in [2.45, 2.75) is 32.9 Å². The van der Waals surface area contributed by atoms with Gasteiger partial charge in [0.05, 0.1) is 4.88 Å². The lowest BCUT2D eigenvalue weighted by atomic mass is 10.0. The first kappa shape index (κ1) is 15.4. The van der Waals surface area contributed by atoms with Gasteiger partial charge in [-0.3, -0.25) is 0 Å². The van der Waals surface area contributed by atoms with E-state index in [4.69, 9.17) is 0 Å². The molecule has 0 saturated heterocycles. The summed E-state index contributed by atoms with van der Waals surface area (Å²) in [4.78, 5) is 7.13. The van der Waals surface area contributed by atoms with Crippen LogP contribution < -0.4 is 5.32 Å². The Kier molecular flexibility index (Phi) is 5.03. The van der Waals surface area contributed by atoms with Crippen LogP contribution in [0.4, 0.5) is 0 Å². The normalized spacial score (nSPS) is 11.2. The second-order valence-electron chi connectivity index (χ2n) is 5.58. The van der Waals surface area contributed by atoms with Gasteiger partial charge in [-0.1, -0.05) is 44.2 Å². The van der Waals surface area contributed by atoms with Gasteiger partial charge in [0.2, 0.25) is 0 Å². The summed E-state index contributed by atoms with van der Waals surface area (Å²) in [5.41, 5.74) is 2.64. The first-order valence-electron chi connectivity index (χ1n) is 7.50. The maximum Gasteiger partial charge on any atom is 0.107 e. The Morgan fingerprint density at radius 2 is 1.91 bits per heavy atom. The molecule has 1 N–H and O–H groups in total. The number of aromatic nitrogens is 1. The average Bonchev–Trinajstić information content (AvgIpc) is 3.19. The van der Waals surface area contributed by atoms with Gasteiger partial charge < -0.3 is 5.32 Å². The van der Waals surface area contributed by atoms with Gasteiger partial charge in [-0.2, -0.15) is 0 Å². The Labute approximate surface area is 139 Å². The molecule has 0 bridgehead atoms. The molecular formula is C18H20N2S2. The van der Waals surface area contributed by atoms with Crippen molar-refractivity contribution in [3.05, 3.63) is 63.4 Å². The SMILES string of the molecule is CC(C)c1ccc(-c2cnc(CNCc3cccs3)s2)cc1. The summed E-state index contributed by atoms with van der Waals surface area (Å²) in [5.74, 6) is 0.576. The highest BCUT2D eigenvalue weighted by atomic mass is 32.1. The number of nitrogens with zero attached hydrogens (tertiary/aromatic N) is 1. The lowest BCUT2D eigenvalue weighted by molar-refractivity contribution is 0.697. The van der Waals surface area contributed by atoms with Gasteiger partial charge in [0.25, 0.3) is 0 Å². The van der Waals surface area contributed by atoms with Gasteiger partial charge in [0.15, 0.2) is 0 Å². The van der Waals surface area contributed by atoms with E-state index in [1.807, 2.05) is 6.20 Å². The molecule has 22 heavy (non-hydrogen) atoms. The molecule has 3 rings (SSSR count). The van der Waals surface area contributed by atoms with Crippen LogP contribution in [0, 0.1) is 0 Å². The van der Waals surface area contributed by atoms with Crippen LogP contribution in [0.25, 0.3) is 10.4 Å². The average molecular weight is 329 g/mol. The third kappa shape index (κ3) is 3.83. The summed E-state index contributed by atoms with van der Waals surface area (Å²) in [5, 5.41) is 6.70. The molecule has 0 radical (unpaired) electrons. The van der Waals surface area contributed by atoms with Gasteiger partial charge in [-0.15, -0.1) is 22.7 Å². The van der Waals surface area contributed by atoms with Gasteiger partial charge in [-0.05, 0) is 28.5 Å². The lowest BCUT2D eigenvalue weighted by Crippen LogP contribution is -2.11. The molecule has 1 aromatic carbocycles. The highest BCUT2D eigenvalue weighted by Gasteiger charge is 2.06. The second-order valence-corrected chi connectivity index (χ2v) is 7.73. The van der Waals surface area contributed by atoms with E-state index in [-0.39, 0.29) is 0 Å². The molecule has 0 aliphatic carbocycles. The third-order valence-electron chi connectivity index (χ3n) is 3.57. The van der Waals surface area contributed by atoms with Crippen LogP contribution in [0.3, 0.4) is 0 Å². The molecule has 0 saturated carbocycles. The predicted octanol–water partition coefficient (Wildman–Crippen LogP) is 5.28. The Hall–Kier alpha value is -1.49. The van der Waals surface area contributed by atoms with E-state index < -0.39 is 0 Å². The lowest BCUT2D eigenvalue weighted by Gasteiger charge is -2.05. The van der Waals surface area contributed by atoms with E-state index in [9.17, 15) is 0 Å². The topological polar surface area (TPSA) is 24.9 Å². The van der Waals surface area contributed by atoms with Crippen LogP contribution in [0.1, 0.15) is 35.2 Å². The quantitative estimate of drug-likeness (QED) is 0.665. The van der Waals surface area contributed by atoms with E-state index >= 15 is 0 Å². The number of thiophene rings is 1. The zero-order valence-electron chi connectivity index (χ0n) is 12.9. The number of rotatable bonds is 6. The molecule has 0 fully saturated rings. The van der Waals surface area contributed by atoms with E-state index in [2.05, 4.69) is 65.9 Å². The minimum absolute atomic E-state index is 0.576. The van der Waals surface area contributed by atoms with Crippen LogP contribution >= 0.6 is 22.7 Å². The smallest absolute Gasteiger partial charge is 0.107 e. The molecule has 0 aliphatic rings. The minimum atomic E-state index is 0.576. The fourth-order valence-corrected chi connectivity index (χ4v) is 3.83. The van der Waals surface area contributed by atoms with Gasteiger partial charge >= 0.3 is 0 Å². The Balaban J connectivity index is 1.60. The molecule has 2 aromatic heterocycles. The van der Waals surface area contributed by atoms with Gasteiger partial charge in [0.1, 0.15) is 5.01 Å². The maximum absolute atomic E-state index is 4.53. The van der Waals surface area contributed by atoms with E-state index in [0.717, 1.165) is 18.1 Å². The zero-order chi connectivity index (χ0) is 15.4. The molecule has 0 amide bonds. The van der Waals surface area contributed by atoms with Crippen molar-refractivity contribution >= 4 is 22.7 Å². The Morgan fingerprint density at radius 3 is 2.59 bits per heavy atom. The molecule has 2 nitrogen and oxygen atoms in total. The molecule has 114 valence electrons. The van der Waals surface area contributed by atoms with E-state index in [0.29, 0.717) is 5.92 Å². The molecule has 0 atom stereocenters. The Morgan fingerprint density at radius 1 is 1.09 bits per heavy atom. The molecule has 4 heteroatoms. The molecule has 0 spiro atoms. The summed E-state index contributed by atoms with van der Waals surface area (Å²) in [6, 6.07) is 13.1. The number of nitrogens with one attached hydrogen (secondary N) is 1. The summed E-state index contributed by atoms with van der Waals surface area (Å²) in [6.45, 7) is 6.18. The zero-order valence-corrected chi connectivity index (χ0v) is 14.5. The van der Waals surface area contributed by atoms with Crippen molar-refractivity contribution in [2.24, 2.45) is 0 Å². The summed E-state index contributed by atoms with van der Waals surface area (Å²) in [7, 11) is 0. The van der Waals surface area contributed by atoms with E-state index in [1.54, 1.807) is 22.7 Å². The van der Waals surface area contributed by atoms with Crippen LogP contribution in [0.15, 0.2) is 48.0 Å². The highest BCUT2D eigenvalue weighted by Crippen LogP contribution is 2.27. The molecule has 2 heterocycles. The number of hydrogen-bond acceptors (Lipinski definition) is 4. The van der Waals surface area contributed by atoms with Crippen molar-refractivity contribution < 1.29 is 0 Å². The molecular weight excluding hydrogens is 308 g/mol. The third-order valence-corrected chi connectivity index (χ3v) is 5.49. The number of thiazole rings is 1.